The van der Waals surface area contributed by atoms with Crippen LogP contribution in [0.1, 0.15) is 13.8 Å². The van der Waals surface area contributed by atoms with Crippen LogP contribution in [0.4, 0.5) is 5.69 Å². The van der Waals surface area contributed by atoms with Crippen molar-refractivity contribution in [2.45, 2.75) is 18.2 Å². The molecule has 0 aliphatic heterocycles. The van der Waals surface area contributed by atoms with E-state index in [1.54, 1.807) is 24.4 Å². The second-order valence-electron chi connectivity index (χ2n) is 5.06. The summed E-state index contributed by atoms with van der Waals surface area (Å²) in [6, 6.07) is 5.36. The third-order valence-electron chi connectivity index (χ3n) is 3.21. The highest BCUT2D eigenvalue weighted by Gasteiger charge is 2.11. The molecule has 0 bridgehead atoms. The van der Waals surface area contributed by atoms with E-state index in [0.29, 0.717) is 30.4 Å². The number of aromatic nitrogens is 3. The lowest BCUT2D eigenvalue weighted by atomic mass is 10.2. The molecular formula is C17H18N4O3S2. The number of hydrogen-bond acceptors (Lipinski definition) is 8. The van der Waals surface area contributed by atoms with Gasteiger partial charge in [0.1, 0.15) is 16.7 Å². The predicted molar refractivity (Wildman–Crippen MR) is 103 cm³/mol. The Balaban J connectivity index is 1.61. The highest BCUT2D eigenvalue weighted by molar-refractivity contribution is 8.01. The van der Waals surface area contributed by atoms with Crippen LogP contribution in [0.3, 0.4) is 0 Å². The molecule has 1 amide bonds. The highest BCUT2D eigenvalue weighted by atomic mass is 32.2. The van der Waals surface area contributed by atoms with Crippen LogP contribution in [0.5, 0.6) is 11.5 Å². The van der Waals surface area contributed by atoms with Crippen molar-refractivity contribution < 1.29 is 14.3 Å². The van der Waals surface area contributed by atoms with Crippen molar-refractivity contribution in [2.24, 2.45) is 0 Å². The minimum atomic E-state index is -0.119. The molecule has 26 heavy (non-hydrogen) atoms. The van der Waals surface area contributed by atoms with Crippen LogP contribution >= 0.6 is 23.1 Å². The highest BCUT2D eigenvalue weighted by Crippen LogP contribution is 2.31. The van der Waals surface area contributed by atoms with Crippen LogP contribution in [0.2, 0.25) is 0 Å². The number of hydrogen-bond donors (Lipinski definition) is 1. The van der Waals surface area contributed by atoms with Crippen LogP contribution in [-0.4, -0.2) is 39.8 Å². The van der Waals surface area contributed by atoms with Crippen molar-refractivity contribution in [1.82, 2.24) is 15.0 Å². The number of amides is 1. The van der Waals surface area contributed by atoms with Crippen LogP contribution in [0, 0.1) is 0 Å². The molecule has 0 fully saturated rings. The zero-order chi connectivity index (χ0) is 18.4. The first-order valence-corrected chi connectivity index (χ1v) is 9.88. The van der Waals surface area contributed by atoms with E-state index in [0.717, 1.165) is 14.7 Å². The summed E-state index contributed by atoms with van der Waals surface area (Å²) < 4.78 is 11.9. The number of thiazole rings is 1. The minimum absolute atomic E-state index is 0.119. The van der Waals surface area contributed by atoms with Gasteiger partial charge in [-0.2, -0.15) is 0 Å². The Labute approximate surface area is 159 Å². The summed E-state index contributed by atoms with van der Waals surface area (Å²) in [6.45, 7) is 4.89. The molecule has 1 N–H and O–H groups in total. The average molecular weight is 390 g/mol. The summed E-state index contributed by atoms with van der Waals surface area (Å²) in [6.07, 6.45) is 3.15. The van der Waals surface area contributed by atoms with Crippen LogP contribution in [0.25, 0.3) is 10.3 Å². The van der Waals surface area contributed by atoms with E-state index in [9.17, 15) is 4.79 Å². The minimum Gasteiger partial charge on any atom is -0.490 e. The van der Waals surface area contributed by atoms with Gasteiger partial charge in [-0.1, -0.05) is 23.1 Å². The Bertz CT molecular complexity index is 868. The number of rotatable bonds is 8. The van der Waals surface area contributed by atoms with E-state index in [2.05, 4.69) is 20.3 Å². The fourth-order valence-corrected chi connectivity index (χ4v) is 3.94. The summed E-state index contributed by atoms with van der Waals surface area (Å²) in [5, 5.41) is 2.87. The van der Waals surface area contributed by atoms with E-state index >= 15 is 0 Å². The zero-order valence-electron chi connectivity index (χ0n) is 14.4. The van der Waals surface area contributed by atoms with Gasteiger partial charge in [0.25, 0.3) is 0 Å². The van der Waals surface area contributed by atoms with Gasteiger partial charge in [0.2, 0.25) is 5.91 Å². The van der Waals surface area contributed by atoms with Gasteiger partial charge in [-0.15, -0.1) is 0 Å². The lowest BCUT2D eigenvalue weighted by Crippen LogP contribution is -2.14. The molecule has 3 aromatic rings. The molecule has 2 aromatic heterocycles. The molecule has 0 aliphatic carbocycles. The van der Waals surface area contributed by atoms with Crippen molar-refractivity contribution in [3.8, 4) is 11.5 Å². The molecule has 9 heteroatoms. The summed E-state index contributed by atoms with van der Waals surface area (Å²) in [5.74, 6) is 1.42. The van der Waals surface area contributed by atoms with Crippen LogP contribution in [-0.2, 0) is 4.79 Å². The molecule has 136 valence electrons. The molecule has 0 atom stereocenters. The zero-order valence-corrected chi connectivity index (χ0v) is 16.0. The van der Waals surface area contributed by atoms with Crippen LogP contribution in [0.15, 0.2) is 35.1 Å². The van der Waals surface area contributed by atoms with Crippen molar-refractivity contribution in [1.29, 1.82) is 0 Å². The summed E-state index contributed by atoms with van der Waals surface area (Å²) in [5.41, 5.74) is 1.41. The monoisotopic (exact) mass is 390 g/mol. The normalized spacial score (nSPS) is 10.7. The fourth-order valence-electron chi connectivity index (χ4n) is 2.19. The molecule has 0 saturated heterocycles. The average Bonchev–Trinajstić information content (AvgIpc) is 3.05. The Morgan fingerprint density at radius 1 is 1.23 bits per heavy atom. The summed E-state index contributed by atoms with van der Waals surface area (Å²) in [7, 11) is 0. The fraction of sp³-hybridized carbons (Fsp3) is 0.294. The molecule has 3 rings (SSSR count). The van der Waals surface area contributed by atoms with Gasteiger partial charge in [0, 0.05) is 11.8 Å². The Morgan fingerprint density at radius 3 is 2.81 bits per heavy atom. The lowest BCUT2D eigenvalue weighted by Gasteiger charge is -2.12. The number of fused-ring (bicyclic) bond motifs is 1. The van der Waals surface area contributed by atoms with E-state index in [1.807, 2.05) is 13.8 Å². The number of benzene rings is 1. The number of nitrogens with one attached hydrogen (secondary N) is 1. The van der Waals surface area contributed by atoms with Gasteiger partial charge in [-0.25, -0.2) is 15.0 Å². The van der Waals surface area contributed by atoms with E-state index in [-0.39, 0.29) is 11.7 Å². The maximum Gasteiger partial charge on any atom is 0.234 e. The number of ether oxygens (including phenoxy) is 2. The van der Waals surface area contributed by atoms with E-state index in [1.165, 1.54) is 29.4 Å². The smallest absolute Gasteiger partial charge is 0.234 e. The van der Waals surface area contributed by atoms with Gasteiger partial charge in [-0.3, -0.25) is 4.79 Å². The number of thioether (sulfide) groups is 1. The van der Waals surface area contributed by atoms with Crippen LogP contribution < -0.4 is 14.8 Å². The lowest BCUT2D eigenvalue weighted by molar-refractivity contribution is -0.113. The van der Waals surface area contributed by atoms with Gasteiger partial charge in [-0.05, 0) is 26.0 Å². The quantitative estimate of drug-likeness (QED) is 0.588. The van der Waals surface area contributed by atoms with Gasteiger partial charge in [0.05, 0.1) is 25.2 Å². The Hall–Kier alpha value is -2.39. The van der Waals surface area contributed by atoms with Crippen molar-refractivity contribution >= 4 is 45.0 Å². The molecule has 0 aliphatic rings. The second kappa shape index (κ2) is 8.81. The van der Waals surface area contributed by atoms with Crippen molar-refractivity contribution in [2.75, 3.05) is 24.3 Å². The SMILES string of the molecule is CCOc1ccc(NC(=O)CSc2nc3cncnc3s2)cc1OCC. The van der Waals surface area contributed by atoms with E-state index in [4.69, 9.17) is 9.47 Å². The largest absolute Gasteiger partial charge is 0.490 e. The Kier molecular flexibility index (Phi) is 6.24. The van der Waals surface area contributed by atoms with E-state index < -0.39 is 0 Å². The maximum absolute atomic E-state index is 12.2. The first kappa shape index (κ1) is 18.4. The third kappa shape index (κ3) is 4.61. The molecule has 7 nitrogen and oxygen atoms in total. The number of nitrogens with zero attached hydrogens (tertiary/aromatic N) is 3. The first-order valence-electron chi connectivity index (χ1n) is 8.08. The molecule has 0 radical (unpaired) electrons. The third-order valence-corrected chi connectivity index (χ3v) is 5.33. The summed E-state index contributed by atoms with van der Waals surface area (Å²) >= 11 is 2.82. The maximum atomic E-state index is 12.2. The molecule has 0 saturated carbocycles. The number of carbonyl (C=O) groups is 1. The topological polar surface area (TPSA) is 86.2 Å². The van der Waals surface area contributed by atoms with Gasteiger partial charge < -0.3 is 14.8 Å². The second-order valence-corrected chi connectivity index (χ2v) is 7.26. The number of anilines is 1. The molecule has 0 unspecified atom stereocenters. The predicted octanol–water partition coefficient (Wildman–Crippen LogP) is 3.61. The standard InChI is InChI=1S/C17H18N4O3S2/c1-3-23-13-6-5-11(7-14(13)24-4-2)20-15(22)9-25-17-21-12-8-18-10-19-16(12)26-17/h5-8,10H,3-4,9H2,1-2H3,(H,20,22). The Morgan fingerprint density at radius 2 is 2.04 bits per heavy atom. The molecule has 0 spiro atoms. The molecule has 2 heterocycles. The van der Waals surface area contributed by atoms with Gasteiger partial charge in [0.15, 0.2) is 15.8 Å². The van der Waals surface area contributed by atoms with Crippen molar-refractivity contribution in [3.05, 3.63) is 30.7 Å². The molecular weight excluding hydrogens is 372 g/mol. The number of carbonyl (C=O) groups excluding carboxylic acids is 1. The molecule has 1 aromatic carbocycles. The first-order chi connectivity index (χ1) is 12.7. The van der Waals surface area contributed by atoms with Crippen molar-refractivity contribution in [3.63, 3.8) is 0 Å². The van der Waals surface area contributed by atoms with Gasteiger partial charge >= 0.3 is 0 Å². The summed E-state index contributed by atoms with van der Waals surface area (Å²) in [4.78, 5) is 25.5.